The third-order valence-electron chi connectivity index (χ3n) is 1.47. The topological polar surface area (TPSA) is 74.4 Å². The molecule has 0 aliphatic rings. The smallest absolute Gasteiger partial charge is 0.343 e. The summed E-state index contributed by atoms with van der Waals surface area (Å²) in [5.41, 5.74) is 6.07. The molecule has 1 aromatic rings. The highest BCUT2D eigenvalue weighted by molar-refractivity contribution is 5.92. The minimum absolute atomic E-state index is 0. The van der Waals surface area contributed by atoms with E-state index in [0.29, 0.717) is 5.69 Å². The maximum atomic E-state index is 11.1. The first-order chi connectivity index (χ1) is 6.19. The molecule has 0 saturated heterocycles. The molecule has 0 aliphatic heterocycles. The number of nitrogens with two attached hydrogens (primary N) is 1. The van der Waals surface area contributed by atoms with E-state index in [9.17, 15) is 4.79 Å². The summed E-state index contributed by atoms with van der Waals surface area (Å²) in [5.74, 6) is -0.308. The van der Waals surface area contributed by atoms with Crippen molar-refractivity contribution in [2.75, 3.05) is 20.0 Å². The predicted octanol–water partition coefficient (Wildman–Crippen LogP) is 0.881. The zero-order valence-electron chi connectivity index (χ0n) is 7.81. The zero-order valence-corrected chi connectivity index (χ0v) is 8.63. The monoisotopic (exact) mass is 218 g/mol. The van der Waals surface area contributed by atoms with Crippen molar-refractivity contribution in [3.05, 3.63) is 17.8 Å². The lowest BCUT2D eigenvalue weighted by Gasteiger charge is -2.05. The largest absolute Gasteiger partial charge is 0.480 e. The number of nitrogen functional groups attached to an aromatic ring is 1. The first kappa shape index (κ1) is 12.5. The predicted molar refractivity (Wildman–Crippen MR) is 53.8 cm³/mol. The molecule has 0 bridgehead atoms. The van der Waals surface area contributed by atoms with Crippen LogP contribution in [0.2, 0.25) is 0 Å². The van der Waals surface area contributed by atoms with Crippen LogP contribution in [-0.2, 0) is 4.74 Å². The van der Waals surface area contributed by atoms with Gasteiger partial charge < -0.3 is 15.2 Å². The second kappa shape index (κ2) is 5.29. The average Bonchev–Trinajstić information content (AvgIpc) is 2.16. The lowest BCUT2D eigenvalue weighted by molar-refractivity contribution is 0.0596. The SMILES string of the molecule is COC(=O)c1cc(N)cnc1OC.Cl. The van der Waals surface area contributed by atoms with Gasteiger partial charge in [-0.15, -0.1) is 12.4 Å². The third-order valence-corrected chi connectivity index (χ3v) is 1.47. The summed E-state index contributed by atoms with van der Waals surface area (Å²) in [7, 11) is 2.70. The van der Waals surface area contributed by atoms with Crippen LogP contribution in [0, 0.1) is 0 Å². The Kier molecular flexibility index (Phi) is 4.72. The number of aromatic nitrogens is 1. The van der Waals surface area contributed by atoms with Crippen molar-refractivity contribution in [2.45, 2.75) is 0 Å². The molecule has 0 atom stereocenters. The molecule has 0 spiro atoms. The molecule has 14 heavy (non-hydrogen) atoms. The minimum Gasteiger partial charge on any atom is -0.480 e. The fourth-order valence-electron chi connectivity index (χ4n) is 0.887. The fourth-order valence-corrected chi connectivity index (χ4v) is 0.887. The van der Waals surface area contributed by atoms with Gasteiger partial charge in [0.1, 0.15) is 5.56 Å². The van der Waals surface area contributed by atoms with Crippen LogP contribution >= 0.6 is 12.4 Å². The maximum absolute atomic E-state index is 11.1. The summed E-state index contributed by atoms with van der Waals surface area (Å²) in [6.07, 6.45) is 1.41. The van der Waals surface area contributed by atoms with E-state index in [-0.39, 0.29) is 23.9 Å². The van der Waals surface area contributed by atoms with Crippen LogP contribution in [0.3, 0.4) is 0 Å². The van der Waals surface area contributed by atoms with E-state index in [1.807, 2.05) is 0 Å². The summed E-state index contributed by atoms with van der Waals surface area (Å²) in [6.45, 7) is 0. The van der Waals surface area contributed by atoms with Gasteiger partial charge in [0.2, 0.25) is 5.88 Å². The molecule has 1 heterocycles. The molecular formula is C8H11ClN2O3. The van der Waals surface area contributed by atoms with Crippen molar-refractivity contribution in [3.8, 4) is 5.88 Å². The molecule has 1 rings (SSSR count). The Labute approximate surface area is 87.6 Å². The van der Waals surface area contributed by atoms with Crippen molar-refractivity contribution < 1.29 is 14.3 Å². The van der Waals surface area contributed by atoms with Gasteiger partial charge in [0, 0.05) is 0 Å². The van der Waals surface area contributed by atoms with E-state index in [1.54, 1.807) is 0 Å². The van der Waals surface area contributed by atoms with Gasteiger partial charge in [-0.05, 0) is 6.07 Å². The van der Waals surface area contributed by atoms with Gasteiger partial charge in [-0.2, -0.15) is 0 Å². The number of halogens is 1. The highest BCUT2D eigenvalue weighted by Crippen LogP contribution is 2.17. The molecule has 5 nitrogen and oxygen atoms in total. The zero-order chi connectivity index (χ0) is 9.84. The van der Waals surface area contributed by atoms with E-state index in [4.69, 9.17) is 10.5 Å². The highest BCUT2D eigenvalue weighted by Gasteiger charge is 2.13. The summed E-state index contributed by atoms with van der Waals surface area (Å²) < 4.78 is 9.38. The summed E-state index contributed by atoms with van der Waals surface area (Å²) in [5, 5.41) is 0. The van der Waals surface area contributed by atoms with Gasteiger partial charge in [0.25, 0.3) is 0 Å². The van der Waals surface area contributed by atoms with Crippen LogP contribution in [0.15, 0.2) is 12.3 Å². The fraction of sp³-hybridized carbons (Fsp3) is 0.250. The molecule has 0 radical (unpaired) electrons. The standard InChI is InChI=1S/C8H10N2O3.ClH/c1-12-7-6(8(11)13-2)3-5(9)4-10-7;/h3-4H,9H2,1-2H3;1H. The van der Waals surface area contributed by atoms with Gasteiger partial charge in [-0.1, -0.05) is 0 Å². The molecule has 0 saturated carbocycles. The first-order valence-corrected chi connectivity index (χ1v) is 3.57. The normalized spacial score (nSPS) is 8.71. The van der Waals surface area contributed by atoms with Crippen molar-refractivity contribution in [2.24, 2.45) is 0 Å². The number of carbonyl (C=O) groups is 1. The first-order valence-electron chi connectivity index (χ1n) is 3.57. The van der Waals surface area contributed by atoms with Crippen molar-refractivity contribution in [1.29, 1.82) is 0 Å². The number of ether oxygens (including phenoxy) is 2. The molecule has 0 unspecified atom stereocenters. The van der Waals surface area contributed by atoms with E-state index >= 15 is 0 Å². The Morgan fingerprint density at radius 1 is 1.50 bits per heavy atom. The van der Waals surface area contributed by atoms with Gasteiger partial charge >= 0.3 is 5.97 Å². The summed E-state index contributed by atoms with van der Waals surface area (Å²) in [4.78, 5) is 15.0. The van der Waals surface area contributed by atoms with Gasteiger partial charge in [0.15, 0.2) is 0 Å². The molecular weight excluding hydrogens is 208 g/mol. The summed E-state index contributed by atoms with van der Waals surface area (Å²) in [6, 6.07) is 1.46. The van der Waals surface area contributed by atoms with E-state index in [0.717, 1.165) is 0 Å². The second-order valence-corrected chi connectivity index (χ2v) is 2.32. The Morgan fingerprint density at radius 3 is 2.64 bits per heavy atom. The van der Waals surface area contributed by atoms with Crippen molar-refractivity contribution in [1.82, 2.24) is 4.98 Å². The van der Waals surface area contributed by atoms with Crippen LogP contribution in [0.5, 0.6) is 5.88 Å². The molecule has 0 aliphatic carbocycles. The Balaban J connectivity index is 0.00000169. The van der Waals surface area contributed by atoms with Gasteiger partial charge in [-0.3, -0.25) is 0 Å². The summed E-state index contributed by atoms with van der Waals surface area (Å²) >= 11 is 0. The second-order valence-electron chi connectivity index (χ2n) is 2.32. The van der Waals surface area contributed by atoms with E-state index < -0.39 is 5.97 Å². The molecule has 1 aromatic heterocycles. The van der Waals surface area contributed by atoms with E-state index in [2.05, 4.69) is 9.72 Å². The number of rotatable bonds is 2. The molecule has 0 fully saturated rings. The number of anilines is 1. The van der Waals surface area contributed by atoms with Crippen LogP contribution in [0.1, 0.15) is 10.4 Å². The molecule has 78 valence electrons. The van der Waals surface area contributed by atoms with E-state index in [1.165, 1.54) is 26.5 Å². The number of hydrogen-bond acceptors (Lipinski definition) is 5. The number of methoxy groups -OCH3 is 2. The Morgan fingerprint density at radius 2 is 2.14 bits per heavy atom. The lowest BCUT2D eigenvalue weighted by atomic mass is 10.2. The number of pyridine rings is 1. The van der Waals surface area contributed by atoms with Crippen LogP contribution < -0.4 is 10.5 Å². The molecule has 6 heteroatoms. The van der Waals surface area contributed by atoms with Gasteiger partial charge in [0.05, 0.1) is 26.1 Å². The highest BCUT2D eigenvalue weighted by atomic mass is 35.5. The number of nitrogens with zero attached hydrogens (tertiary/aromatic N) is 1. The van der Waals surface area contributed by atoms with Crippen LogP contribution in [0.25, 0.3) is 0 Å². The average molecular weight is 219 g/mol. The molecule has 2 N–H and O–H groups in total. The lowest BCUT2D eigenvalue weighted by Crippen LogP contribution is -2.06. The van der Waals surface area contributed by atoms with Crippen molar-refractivity contribution >= 4 is 24.1 Å². The minimum atomic E-state index is -0.517. The number of esters is 1. The Hall–Kier alpha value is -1.49. The van der Waals surface area contributed by atoms with Crippen molar-refractivity contribution in [3.63, 3.8) is 0 Å². The number of hydrogen-bond donors (Lipinski definition) is 1. The quantitative estimate of drug-likeness (QED) is 0.746. The third kappa shape index (κ3) is 2.50. The Bertz CT molecular complexity index is 330. The maximum Gasteiger partial charge on any atom is 0.343 e. The number of carbonyl (C=O) groups excluding carboxylic acids is 1. The van der Waals surface area contributed by atoms with Gasteiger partial charge in [-0.25, -0.2) is 9.78 Å². The molecule has 0 amide bonds. The van der Waals surface area contributed by atoms with Crippen LogP contribution in [0.4, 0.5) is 5.69 Å². The van der Waals surface area contributed by atoms with Crippen LogP contribution in [-0.4, -0.2) is 25.2 Å². The molecule has 0 aromatic carbocycles.